The second kappa shape index (κ2) is 11.0. The van der Waals surface area contributed by atoms with Gasteiger partial charge in [0.25, 0.3) is 0 Å². The topological polar surface area (TPSA) is 127 Å². The van der Waals surface area contributed by atoms with Gasteiger partial charge in [-0.3, -0.25) is 0 Å². The number of nitrogen functional groups attached to an aromatic ring is 1. The average Bonchev–Trinajstić information content (AvgIpc) is 3.29. The van der Waals surface area contributed by atoms with Gasteiger partial charge >= 0.3 is 8.60 Å². The van der Waals surface area contributed by atoms with Gasteiger partial charge in [-0.25, -0.2) is 4.98 Å². The van der Waals surface area contributed by atoms with E-state index in [4.69, 9.17) is 24.0 Å². The molecule has 0 radical (unpaired) electrons. The molecule has 5 rings (SSSR count). The third-order valence-corrected chi connectivity index (χ3v) is 6.61. The fraction of sp³-hybridized carbons (Fsp3) is 0.292. The molecular weight excluding hydrogens is 469 g/mol. The van der Waals surface area contributed by atoms with E-state index in [0.717, 1.165) is 17.5 Å². The molecule has 0 bridgehead atoms. The number of ether oxygens (including phenoxy) is 1. The quantitative estimate of drug-likeness (QED) is 0.329. The number of phenolic OH excluding ortho intramolecular Hbond substituents is 1. The number of rotatable bonds is 9. The Morgan fingerprint density at radius 2 is 1.74 bits per heavy atom. The number of aryl methyl sites for hydroxylation is 1. The Hall–Kier alpha value is -3.30. The number of anilines is 1. The van der Waals surface area contributed by atoms with E-state index in [-0.39, 0.29) is 24.2 Å². The number of fused-ring (bicyclic) bond motifs is 1. The molecule has 35 heavy (non-hydrogen) atoms. The van der Waals surface area contributed by atoms with Gasteiger partial charge in [0.05, 0.1) is 26.1 Å². The summed E-state index contributed by atoms with van der Waals surface area (Å²) in [6, 6.07) is 16.7. The highest BCUT2D eigenvalue weighted by Gasteiger charge is 2.25. The SMILES string of the molecule is Nc1nc(OCc2ccc(O)cc2)c2ncn(CCC3COP(OCc4ccccc4)OC3)c2n1. The molecule has 2 aromatic heterocycles. The Balaban J connectivity index is 1.15. The van der Waals surface area contributed by atoms with E-state index in [0.29, 0.717) is 43.4 Å². The zero-order valence-electron chi connectivity index (χ0n) is 19.0. The van der Waals surface area contributed by atoms with Crippen molar-refractivity contribution in [3.63, 3.8) is 0 Å². The zero-order chi connectivity index (χ0) is 24.0. The highest BCUT2D eigenvalue weighted by Crippen LogP contribution is 2.45. The fourth-order valence-electron chi connectivity index (χ4n) is 3.62. The van der Waals surface area contributed by atoms with Crippen molar-refractivity contribution < 1.29 is 23.4 Å². The van der Waals surface area contributed by atoms with Crippen LogP contribution in [-0.4, -0.2) is 37.8 Å². The van der Waals surface area contributed by atoms with Gasteiger partial charge in [0.2, 0.25) is 11.8 Å². The van der Waals surface area contributed by atoms with Gasteiger partial charge in [0.15, 0.2) is 11.2 Å². The average molecular weight is 495 g/mol. The molecule has 10 nitrogen and oxygen atoms in total. The molecule has 0 saturated carbocycles. The minimum atomic E-state index is -1.33. The van der Waals surface area contributed by atoms with Gasteiger partial charge in [0, 0.05) is 12.5 Å². The van der Waals surface area contributed by atoms with Crippen LogP contribution in [0.5, 0.6) is 11.6 Å². The standard InChI is InChI=1S/C24H26N5O5P/c25-24-27-22-21(23(28-24)31-12-18-6-8-20(30)9-7-18)26-16-29(22)11-10-19-14-33-35(34-15-19)32-13-17-4-2-1-3-5-17/h1-9,16,19,30H,10-15H2,(H2,25,27,28). The maximum Gasteiger partial charge on any atom is 0.333 e. The van der Waals surface area contributed by atoms with Crippen molar-refractivity contribution in [2.75, 3.05) is 18.9 Å². The maximum atomic E-state index is 9.44. The summed E-state index contributed by atoms with van der Waals surface area (Å²) < 4.78 is 25.2. The lowest BCUT2D eigenvalue weighted by Gasteiger charge is -2.27. The number of hydrogen-bond acceptors (Lipinski definition) is 9. The summed E-state index contributed by atoms with van der Waals surface area (Å²) in [5, 5.41) is 9.44. The van der Waals surface area contributed by atoms with Gasteiger partial charge in [-0.15, -0.1) is 0 Å². The van der Waals surface area contributed by atoms with Crippen molar-refractivity contribution in [2.24, 2.45) is 5.92 Å². The summed E-state index contributed by atoms with van der Waals surface area (Å²) in [5.41, 5.74) is 9.08. The predicted octanol–water partition coefficient (Wildman–Crippen LogP) is 4.19. The molecule has 2 aromatic carbocycles. The van der Waals surface area contributed by atoms with Crippen LogP contribution in [-0.2, 0) is 33.3 Å². The largest absolute Gasteiger partial charge is 0.508 e. The van der Waals surface area contributed by atoms with E-state index < -0.39 is 8.60 Å². The molecule has 0 atom stereocenters. The molecule has 1 aliphatic heterocycles. The molecule has 3 heterocycles. The van der Waals surface area contributed by atoms with E-state index in [1.54, 1.807) is 30.6 Å². The normalized spacial score (nSPS) is 18.1. The Labute approximate surface area is 203 Å². The molecule has 0 aliphatic carbocycles. The Bertz CT molecular complexity index is 1250. The van der Waals surface area contributed by atoms with Crippen molar-refractivity contribution >= 4 is 25.7 Å². The number of aromatic nitrogens is 4. The highest BCUT2D eigenvalue weighted by atomic mass is 31.2. The Morgan fingerprint density at radius 3 is 2.51 bits per heavy atom. The van der Waals surface area contributed by atoms with Gasteiger partial charge in [-0.1, -0.05) is 42.5 Å². The minimum Gasteiger partial charge on any atom is -0.508 e. The van der Waals surface area contributed by atoms with Crippen LogP contribution >= 0.6 is 8.60 Å². The highest BCUT2D eigenvalue weighted by molar-refractivity contribution is 7.41. The van der Waals surface area contributed by atoms with Crippen LogP contribution < -0.4 is 10.5 Å². The van der Waals surface area contributed by atoms with Gasteiger partial charge in [0.1, 0.15) is 12.4 Å². The summed E-state index contributed by atoms with van der Waals surface area (Å²) in [6.07, 6.45) is 2.54. The molecule has 1 aliphatic rings. The van der Waals surface area contributed by atoms with Crippen LogP contribution in [0, 0.1) is 5.92 Å². The Kier molecular flexibility index (Phi) is 7.34. The minimum absolute atomic E-state index is 0.116. The lowest BCUT2D eigenvalue weighted by atomic mass is 10.1. The number of aromatic hydroxyl groups is 1. The number of imidazole rings is 1. The lowest BCUT2D eigenvalue weighted by molar-refractivity contribution is 0.0644. The Morgan fingerprint density at radius 1 is 1.00 bits per heavy atom. The van der Waals surface area contributed by atoms with E-state index in [9.17, 15) is 5.11 Å². The zero-order valence-corrected chi connectivity index (χ0v) is 19.9. The fourth-order valence-corrected chi connectivity index (χ4v) is 4.77. The van der Waals surface area contributed by atoms with Crippen molar-refractivity contribution in [1.82, 2.24) is 19.5 Å². The summed E-state index contributed by atoms with van der Waals surface area (Å²) in [6.45, 7) is 2.56. The predicted molar refractivity (Wildman–Crippen MR) is 130 cm³/mol. The maximum absolute atomic E-state index is 9.44. The molecule has 1 fully saturated rings. The molecule has 0 amide bonds. The van der Waals surface area contributed by atoms with Crippen LogP contribution in [0.15, 0.2) is 60.9 Å². The molecule has 3 N–H and O–H groups in total. The van der Waals surface area contributed by atoms with Gasteiger partial charge in [-0.2, -0.15) is 9.97 Å². The molecular formula is C24H26N5O5P. The second-order valence-electron chi connectivity index (χ2n) is 8.18. The van der Waals surface area contributed by atoms with Gasteiger partial charge in [-0.05, 0) is 29.7 Å². The lowest BCUT2D eigenvalue weighted by Crippen LogP contribution is -2.21. The van der Waals surface area contributed by atoms with Crippen LogP contribution in [0.4, 0.5) is 5.95 Å². The third-order valence-electron chi connectivity index (χ3n) is 5.55. The number of hydrogen-bond donors (Lipinski definition) is 2. The van der Waals surface area contributed by atoms with Crippen LogP contribution in [0.1, 0.15) is 17.5 Å². The van der Waals surface area contributed by atoms with Gasteiger partial charge < -0.3 is 33.7 Å². The second-order valence-corrected chi connectivity index (χ2v) is 9.40. The molecule has 182 valence electrons. The first-order valence-corrected chi connectivity index (χ1v) is 12.4. The first kappa shape index (κ1) is 23.4. The summed E-state index contributed by atoms with van der Waals surface area (Å²) in [4.78, 5) is 13.0. The van der Waals surface area contributed by atoms with E-state index in [1.807, 2.05) is 34.9 Å². The molecule has 11 heteroatoms. The van der Waals surface area contributed by atoms with E-state index in [2.05, 4.69) is 15.0 Å². The number of benzene rings is 2. The van der Waals surface area contributed by atoms with Crippen LogP contribution in [0.2, 0.25) is 0 Å². The van der Waals surface area contributed by atoms with Crippen molar-refractivity contribution in [3.8, 4) is 11.6 Å². The number of nitrogens with zero attached hydrogens (tertiary/aromatic N) is 4. The monoisotopic (exact) mass is 495 g/mol. The van der Waals surface area contributed by atoms with Crippen molar-refractivity contribution in [1.29, 1.82) is 0 Å². The summed E-state index contributed by atoms with van der Waals surface area (Å²) >= 11 is 0. The molecule has 0 spiro atoms. The first-order chi connectivity index (χ1) is 17.1. The summed E-state index contributed by atoms with van der Waals surface area (Å²) in [5.74, 6) is 0.873. The van der Waals surface area contributed by atoms with E-state index in [1.165, 1.54) is 0 Å². The number of nitrogens with two attached hydrogens (primary N) is 1. The number of phenols is 1. The first-order valence-electron chi connectivity index (χ1n) is 11.3. The van der Waals surface area contributed by atoms with Crippen molar-refractivity contribution in [2.45, 2.75) is 26.2 Å². The molecule has 0 unspecified atom stereocenters. The smallest absolute Gasteiger partial charge is 0.333 e. The van der Waals surface area contributed by atoms with Crippen LogP contribution in [0.3, 0.4) is 0 Å². The summed E-state index contributed by atoms with van der Waals surface area (Å²) in [7, 11) is -1.33. The van der Waals surface area contributed by atoms with Crippen molar-refractivity contribution in [3.05, 3.63) is 72.1 Å². The van der Waals surface area contributed by atoms with E-state index >= 15 is 0 Å². The molecule has 1 saturated heterocycles. The van der Waals surface area contributed by atoms with Crippen LogP contribution in [0.25, 0.3) is 11.2 Å². The molecule has 4 aromatic rings. The third kappa shape index (κ3) is 6.04.